The van der Waals surface area contributed by atoms with Crippen LogP contribution in [-0.4, -0.2) is 12.2 Å². The summed E-state index contributed by atoms with van der Waals surface area (Å²) < 4.78 is 5.00. The summed E-state index contributed by atoms with van der Waals surface area (Å²) in [4.78, 5) is 0. The lowest BCUT2D eigenvalue weighted by Crippen LogP contribution is -1.86. The van der Waals surface area contributed by atoms with E-state index in [1.807, 2.05) is 24.3 Å². The average Bonchev–Trinajstić information content (AvgIpc) is 2.21. The van der Waals surface area contributed by atoms with Gasteiger partial charge in [-0.25, -0.2) is 0 Å². The zero-order valence-corrected chi connectivity index (χ0v) is 8.23. The number of hydrogen-bond acceptors (Lipinski definition) is 2. The molecule has 0 amide bonds. The molecule has 0 spiro atoms. The largest absolute Gasteiger partial charge is 0.504 e. The van der Waals surface area contributed by atoms with Crippen LogP contribution in [0.25, 0.3) is 0 Å². The Hall–Kier alpha value is -1.70. The van der Waals surface area contributed by atoms with E-state index in [0.717, 1.165) is 12.0 Å². The molecule has 0 saturated carbocycles. The molecule has 14 heavy (non-hydrogen) atoms. The molecular formula is C12H14O2. The van der Waals surface area contributed by atoms with Crippen LogP contribution < -0.4 is 4.74 Å². The van der Waals surface area contributed by atoms with E-state index in [9.17, 15) is 5.11 Å². The summed E-state index contributed by atoms with van der Waals surface area (Å²) in [5, 5.41) is 9.35. The zero-order valence-electron chi connectivity index (χ0n) is 8.23. The molecule has 0 heterocycles. The molecule has 0 bridgehead atoms. The van der Waals surface area contributed by atoms with Gasteiger partial charge in [-0.15, -0.1) is 0 Å². The van der Waals surface area contributed by atoms with Crippen molar-refractivity contribution in [2.24, 2.45) is 0 Å². The summed E-state index contributed by atoms with van der Waals surface area (Å²) in [5.74, 6) is 0.679. The van der Waals surface area contributed by atoms with Gasteiger partial charge in [0.2, 0.25) is 0 Å². The van der Waals surface area contributed by atoms with Crippen LogP contribution in [0.5, 0.6) is 11.5 Å². The highest BCUT2D eigenvalue weighted by molar-refractivity contribution is 5.42. The molecule has 2 heteroatoms. The van der Waals surface area contributed by atoms with Gasteiger partial charge in [0, 0.05) is 0 Å². The molecule has 1 aromatic carbocycles. The number of methoxy groups -OCH3 is 1. The molecule has 0 fully saturated rings. The van der Waals surface area contributed by atoms with E-state index in [2.05, 4.69) is 6.58 Å². The predicted octanol–water partition coefficient (Wildman–Crippen LogP) is 2.69. The van der Waals surface area contributed by atoms with Crippen molar-refractivity contribution in [2.75, 3.05) is 7.11 Å². The number of benzene rings is 1. The lowest BCUT2D eigenvalue weighted by Gasteiger charge is -2.04. The summed E-state index contributed by atoms with van der Waals surface area (Å²) in [5.41, 5.74) is 1.10. The first-order valence-electron chi connectivity index (χ1n) is 4.41. The molecule has 0 aliphatic carbocycles. The van der Waals surface area contributed by atoms with Gasteiger partial charge in [0.1, 0.15) is 0 Å². The lowest BCUT2D eigenvalue weighted by molar-refractivity contribution is 0.373. The summed E-state index contributed by atoms with van der Waals surface area (Å²) in [7, 11) is 1.54. The van der Waals surface area contributed by atoms with E-state index in [-0.39, 0.29) is 5.75 Å². The molecule has 0 aliphatic rings. The van der Waals surface area contributed by atoms with Crippen molar-refractivity contribution in [1.82, 2.24) is 0 Å². The molecule has 0 radical (unpaired) electrons. The first-order chi connectivity index (χ1) is 6.77. The average molecular weight is 190 g/mol. The lowest BCUT2D eigenvalue weighted by atomic mass is 10.1. The highest BCUT2D eigenvalue weighted by atomic mass is 16.5. The maximum atomic E-state index is 9.35. The molecular weight excluding hydrogens is 176 g/mol. The van der Waals surface area contributed by atoms with Gasteiger partial charge in [-0.3, -0.25) is 0 Å². The van der Waals surface area contributed by atoms with Crippen molar-refractivity contribution in [3.8, 4) is 11.5 Å². The first kappa shape index (κ1) is 10.4. The van der Waals surface area contributed by atoms with Gasteiger partial charge in [0.25, 0.3) is 0 Å². The number of phenols is 1. The second-order valence-electron chi connectivity index (χ2n) is 2.87. The van der Waals surface area contributed by atoms with E-state index in [1.165, 1.54) is 0 Å². The Morgan fingerprint density at radius 1 is 1.50 bits per heavy atom. The molecule has 74 valence electrons. The Morgan fingerprint density at radius 2 is 2.29 bits per heavy atom. The van der Waals surface area contributed by atoms with Crippen LogP contribution in [0, 0.1) is 0 Å². The summed E-state index contributed by atoms with van der Waals surface area (Å²) in [6.07, 6.45) is 6.43. The van der Waals surface area contributed by atoms with Crippen molar-refractivity contribution in [2.45, 2.75) is 6.42 Å². The van der Waals surface area contributed by atoms with Crippen LogP contribution in [0.15, 0.2) is 43.0 Å². The molecule has 0 saturated heterocycles. The van der Waals surface area contributed by atoms with Crippen LogP contribution >= 0.6 is 0 Å². The molecule has 0 aliphatic heterocycles. The van der Waals surface area contributed by atoms with E-state index < -0.39 is 0 Å². The third kappa shape index (κ3) is 2.66. The van der Waals surface area contributed by atoms with E-state index in [1.54, 1.807) is 19.3 Å². The molecule has 0 aromatic heterocycles. The van der Waals surface area contributed by atoms with Gasteiger partial charge in [-0.05, 0) is 24.1 Å². The minimum atomic E-state index is 0.170. The van der Waals surface area contributed by atoms with Gasteiger partial charge in [-0.2, -0.15) is 0 Å². The SMILES string of the molecule is C=C/C=C/Cc1ccc(O)c(OC)c1. The van der Waals surface area contributed by atoms with Crippen LogP contribution in [0.4, 0.5) is 0 Å². The number of hydrogen-bond donors (Lipinski definition) is 1. The second kappa shape index (κ2) is 5.12. The monoisotopic (exact) mass is 190 g/mol. The van der Waals surface area contributed by atoms with Crippen molar-refractivity contribution >= 4 is 0 Å². The smallest absolute Gasteiger partial charge is 0.160 e. The molecule has 1 N–H and O–H groups in total. The van der Waals surface area contributed by atoms with Gasteiger partial charge >= 0.3 is 0 Å². The minimum absolute atomic E-state index is 0.170. The van der Waals surface area contributed by atoms with Crippen molar-refractivity contribution in [1.29, 1.82) is 0 Å². The van der Waals surface area contributed by atoms with Crippen LogP contribution in [0.1, 0.15) is 5.56 Å². The maximum absolute atomic E-state index is 9.35. The second-order valence-corrected chi connectivity index (χ2v) is 2.87. The normalized spacial score (nSPS) is 10.4. The number of ether oxygens (including phenoxy) is 1. The molecule has 2 nitrogen and oxygen atoms in total. The highest BCUT2D eigenvalue weighted by Gasteiger charge is 2.00. The summed E-state index contributed by atoms with van der Waals surface area (Å²) >= 11 is 0. The van der Waals surface area contributed by atoms with E-state index in [0.29, 0.717) is 5.75 Å². The van der Waals surface area contributed by atoms with Gasteiger partial charge < -0.3 is 9.84 Å². The molecule has 1 aromatic rings. The van der Waals surface area contributed by atoms with Crippen LogP contribution in [0.2, 0.25) is 0 Å². The Labute approximate surface area is 84.1 Å². The highest BCUT2D eigenvalue weighted by Crippen LogP contribution is 2.26. The van der Waals surface area contributed by atoms with Gasteiger partial charge in [0.05, 0.1) is 7.11 Å². The zero-order chi connectivity index (χ0) is 10.4. The van der Waals surface area contributed by atoms with Crippen molar-refractivity contribution in [3.63, 3.8) is 0 Å². The molecule has 0 unspecified atom stereocenters. The van der Waals surface area contributed by atoms with Crippen LogP contribution in [0.3, 0.4) is 0 Å². The fourth-order valence-corrected chi connectivity index (χ4v) is 1.15. The fraction of sp³-hybridized carbons (Fsp3) is 0.167. The Balaban J connectivity index is 2.78. The summed E-state index contributed by atoms with van der Waals surface area (Å²) in [6.45, 7) is 3.59. The number of aromatic hydroxyl groups is 1. The van der Waals surface area contributed by atoms with E-state index in [4.69, 9.17) is 4.74 Å². The third-order valence-corrected chi connectivity index (χ3v) is 1.87. The molecule has 0 atom stereocenters. The topological polar surface area (TPSA) is 29.5 Å². The first-order valence-corrected chi connectivity index (χ1v) is 4.41. The predicted molar refractivity (Wildman–Crippen MR) is 57.7 cm³/mol. The van der Waals surface area contributed by atoms with Gasteiger partial charge in [-0.1, -0.05) is 30.9 Å². The maximum Gasteiger partial charge on any atom is 0.160 e. The molecule has 1 rings (SSSR count). The minimum Gasteiger partial charge on any atom is -0.504 e. The van der Waals surface area contributed by atoms with Gasteiger partial charge in [0.15, 0.2) is 11.5 Å². The Bertz CT molecular complexity index is 340. The van der Waals surface area contributed by atoms with Crippen molar-refractivity contribution in [3.05, 3.63) is 48.6 Å². The summed E-state index contributed by atoms with van der Waals surface area (Å²) in [6, 6.07) is 5.32. The van der Waals surface area contributed by atoms with E-state index >= 15 is 0 Å². The number of phenolic OH excluding ortho intramolecular Hbond substituents is 1. The quantitative estimate of drug-likeness (QED) is 0.740. The number of rotatable bonds is 4. The standard InChI is InChI=1S/C12H14O2/c1-3-4-5-6-10-7-8-11(13)12(9-10)14-2/h3-5,7-9,13H,1,6H2,2H3/b5-4+. The Morgan fingerprint density at radius 3 is 2.93 bits per heavy atom. The van der Waals surface area contributed by atoms with Crippen molar-refractivity contribution < 1.29 is 9.84 Å². The Kier molecular flexibility index (Phi) is 3.80. The third-order valence-electron chi connectivity index (χ3n) is 1.87. The fourth-order valence-electron chi connectivity index (χ4n) is 1.15. The van der Waals surface area contributed by atoms with Crippen LogP contribution in [-0.2, 0) is 6.42 Å². The number of allylic oxidation sites excluding steroid dienone is 3.